The van der Waals surface area contributed by atoms with Crippen LogP contribution < -0.4 is 0 Å². The van der Waals surface area contributed by atoms with Crippen LogP contribution in [0.25, 0.3) is 0 Å². The van der Waals surface area contributed by atoms with Gasteiger partial charge in [-0.3, -0.25) is 4.79 Å². The molecule has 0 bridgehead atoms. The summed E-state index contributed by atoms with van der Waals surface area (Å²) in [6.07, 6.45) is -5.65. The van der Waals surface area contributed by atoms with Crippen LogP contribution in [-0.2, 0) is 4.79 Å². The van der Waals surface area contributed by atoms with E-state index >= 15 is 0 Å². The van der Waals surface area contributed by atoms with Crippen molar-refractivity contribution in [1.29, 1.82) is 0 Å². The molecule has 0 aliphatic heterocycles. The summed E-state index contributed by atoms with van der Waals surface area (Å²) in [5, 5.41) is 43.4. The van der Waals surface area contributed by atoms with E-state index in [2.05, 4.69) is 0 Å². The quantitative estimate of drug-likeness (QED) is 0.315. The average molecular weight is 215 g/mol. The molecule has 7 heteroatoms. The number of halogens is 1. The number of hydrogen-bond donors (Lipinski definition) is 5. The molecule has 0 saturated heterocycles. The van der Waals surface area contributed by atoms with Gasteiger partial charge in [0.25, 0.3) is 0 Å². The highest BCUT2D eigenvalue weighted by atomic mass is 35.5. The predicted molar refractivity (Wildman–Crippen MR) is 42.0 cm³/mol. The van der Waals surface area contributed by atoms with Gasteiger partial charge in [0.2, 0.25) is 0 Å². The lowest BCUT2D eigenvalue weighted by atomic mass is 10.1. The number of hydrogen-bond acceptors (Lipinski definition) is 6. The second-order valence-electron chi connectivity index (χ2n) is 2.41. The predicted octanol–water partition coefficient (Wildman–Crippen LogP) is -2.81. The van der Waals surface area contributed by atoms with Crippen molar-refractivity contribution in [1.82, 2.24) is 0 Å². The van der Waals surface area contributed by atoms with Gasteiger partial charge in [-0.25, -0.2) is 0 Å². The number of rotatable bonds is 5. The van der Waals surface area contributed by atoms with Crippen LogP contribution in [0.15, 0.2) is 0 Å². The molecule has 0 aliphatic rings. The van der Waals surface area contributed by atoms with E-state index in [0.717, 1.165) is 0 Å². The van der Waals surface area contributed by atoms with Crippen LogP contribution in [0.1, 0.15) is 0 Å². The Balaban J connectivity index is 4.25. The summed E-state index contributed by atoms with van der Waals surface area (Å²) in [5.41, 5.74) is -1.85. The maximum atomic E-state index is 10.9. The van der Waals surface area contributed by atoms with Crippen LogP contribution in [0.4, 0.5) is 0 Å². The molecule has 0 aromatic heterocycles. The maximum absolute atomic E-state index is 10.9. The Hall–Kier alpha value is -0.240. The van der Waals surface area contributed by atoms with Crippen LogP contribution in [0.3, 0.4) is 0 Å². The van der Waals surface area contributed by atoms with E-state index in [0.29, 0.717) is 0 Å². The standard InChI is InChI=1S/C6H11ClO6/c7-6(13)5(12)4(11)3(10)2(9)1-8/h2-3,5-6,8-10,12-13H,1H2/t2-,3-,5-,6?/m1/s1. The van der Waals surface area contributed by atoms with E-state index in [1.807, 2.05) is 0 Å². The highest BCUT2D eigenvalue weighted by Crippen LogP contribution is 2.05. The molecule has 5 N–H and O–H groups in total. The molecular weight excluding hydrogens is 204 g/mol. The summed E-state index contributed by atoms with van der Waals surface area (Å²) >= 11 is 4.94. The van der Waals surface area contributed by atoms with Gasteiger partial charge in [-0.2, -0.15) is 0 Å². The zero-order valence-electron chi connectivity index (χ0n) is 6.54. The van der Waals surface area contributed by atoms with Gasteiger partial charge in [0.1, 0.15) is 12.2 Å². The number of alkyl halides is 1. The van der Waals surface area contributed by atoms with Gasteiger partial charge in [0.15, 0.2) is 17.5 Å². The average Bonchev–Trinajstić information content (AvgIpc) is 2.12. The van der Waals surface area contributed by atoms with Crippen LogP contribution in [-0.4, -0.2) is 61.8 Å². The number of Topliss-reactive ketones (excluding diaryl/α,β-unsaturated/α-hetero) is 1. The number of ketones is 1. The van der Waals surface area contributed by atoms with Gasteiger partial charge in [0.05, 0.1) is 6.61 Å². The number of carbonyl (C=O) groups is 1. The van der Waals surface area contributed by atoms with Crippen molar-refractivity contribution in [3.8, 4) is 0 Å². The molecule has 0 fully saturated rings. The fourth-order valence-corrected chi connectivity index (χ4v) is 0.724. The molecule has 0 amide bonds. The molecule has 0 aromatic rings. The van der Waals surface area contributed by atoms with Crippen LogP contribution in [0.5, 0.6) is 0 Å². The lowest BCUT2D eigenvalue weighted by Crippen LogP contribution is -2.45. The fourth-order valence-electron chi connectivity index (χ4n) is 0.600. The fraction of sp³-hybridized carbons (Fsp3) is 0.833. The van der Waals surface area contributed by atoms with Crippen molar-refractivity contribution < 1.29 is 30.3 Å². The van der Waals surface area contributed by atoms with E-state index in [9.17, 15) is 4.79 Å². The summed E-state index contributed by atoms with van der Waals surface area (Å²) in [7, 11) is 0. The molecule has 1 unspecified atom stereocenters. The summed E-state index contributed by atoms with van der Waals surface area (Å²) in [4.78, 5) is 10.9. The lowest BCUT2D eigenvalue weighted by Gasteiger charge is -2.18. The van der Waals surface area contributed by atoms with Gasteiger partial charge in [-0.05, 0) is 0 Å². The van der Waals surface area contributed by atoms with E-state index in [1.165, 1.54) is 0 Å². The first kappa shape index (κ1) is 12.8. The van der Waals surface area contributed by atoms with Crippen LogP contribution in [0, 0.1) is 0 Å². The van der Waals surface area contributed by atoms with Gasteiger partial charge in [0, 0.05) is 0 Å². The molecule has 6 nitrogen and oxygen atoms in total. The van der Waals surface area contributed by atoms with Crippen molar-refractivity contribution in [2.24, 2.45) is 0 Å². The molecule has 0 aromatic carbocycles. The lowest BCUT2D eigenvalue weighted by molar-refractivity contribution is -0.146. The topological polar surface area (TPSA) is 118 Å². The largest absolute Gasteiger partial charge is 0.394 e. The molecule has 0 rings (SSSR count). The Labute approximate surface area is 79.0 Å². The zero-order valence-corrected chi connectivity index (χ0v) is 7.29. The van der Waals surface area contributed by atoms with Gasteiger partial charge < -0.3 is 25.5 Å². The monoisotopic (exact) mass is 214 g/mol. The van der Waals surface area contributed by atoms with E-state index in [-0.39, 0.29) is 0 Å². The number of carbonyl (C=O) groups excluding carboxylic acids is 1. The van der Waals surface area contributed by atoms with Gasteiger partial charge in [-0.15, -0.1) is 0 Å². The molecule has 13 heavy (non-hydrogen) atoms. The Morgan fingerprint density at radius 1 is 1.15 bits per heavy atom. The van der Waals surface area contributed by atoms with E-state index < -0.39 is 36.3 Å². The first-order chi connectivity index (χ1) is 5.91. The molecule has 0 radical (unpaired) electrons. The van der Waals surface area contributed by atoms with Crippen molar-refractivity contribution in [3.63, 3.8) is 0 Å². The van der Waals surface area contributed by atoms with Gasteiger partial charge >= 0.3 is 0 Å². The minimum Gasteiger partial charge on any atom is -0.394 e. The smallest absolute Gasteiger partial charge is 0.196 e. The molecule has 0 saturated carbocycles. The van der Waals surface area contributed by atoms with E-state index in [1.54, 1.807) is 0 Å². The minimum absolute atomic E-state index is 0.835. The van der Waals surface area contributed by atoms with Crippen molar-refractivity contribution >= 4 is 17.4 Å². The second-order valence-corrected chi connectivity index (χ2v) is 2.86. The van der Waals surface area contributed by atoms with Crippen molar-refractivity contribution in [2.45, 2.75) is 23.9 Å². The van der Waals surface area contributed by atoms with Crippen molar-refractivity contribution in [3.05, 3.63) is 0 Å². The Kier molecular flexibility index (Phi) is 5.38. The molecule has 0 aliphatic carbocycles. The zero-order chi connectivity index (χ0) is 10.6. The molecular formula is C6H11ClO6. The number of aliphatic hydroxyl groups is 5. The van der Waals surface area contributed by atoms with Crippen molar-refractivity contribution in [2.75, 3.05) is 6.61 Å². The normalized spacial score (nSPS) is 20.5. The summed E-state index contributed by atoms with van der Waals surface area (Å²) in [6, 6.07) is 0. The number of aliphatic hydroxyl groups excluding tert-OH is 5. The highest BCUT2D eigenvalue weighted by molar-refractivity contribution is 6.21. The summed E-state index contributed by atoms with van der Waals surface area (Å²) in [5.74, 6) is -1.25. The molecule has 78 valence electrons. The third kappa shape index (κ3) is 3.55. The Morgan fingerprint density at radius 2 is 1.62 bits per heavy atom. The van der Waals surface area contributed by atoms with Gasteiger partial charge in [-0.1, -0.05) is 11.6 Å². The molecule has 0 spiro atoms. The summed E-state index contributed by atoms with van der Waals surface area (Å²) < 4.78 is 0. The SMILES string of the molecule is O=C([C@@H](O)C(O)Cl)[C@H](O)[C@H](O)CO. The van der Waals surface area contributed by atoms with E-state index in [4.69, 9.17) is 37.1 Å². The molecule has 4 atom stereocenters. The molecule has 0 heterocycles. The first-order valence-electron chi connectivity index (χ1n) is 3.42. The Bertz CT molecular complexity index is 173. The van der Waals surface area contributed by atoms with Crippen LogP contribution >= 0.6 is 11.6 Å². The highest BCUT2D eigenvalue weighted by Gasteiger charge is 2.32. The Morgan fingerprint density at radius 3 is 1.92 bits per heavy atom. The first-order valence-corrected chi connectivity index (χ1v) is 3.86. The second kappa shape index (κ2) is 5.48. The third-order valence-corrected chi connectivity index (χ3v) is 1.63. The third-order valence-electron chi connectivity index (χ3n) is 1.40. The summed E-state index contributed by atoms with van der Waals surface area (Å²) in [6.45, 7) is -0.835. The minimum atomic E-state index is -1.99. The van der Waals surface area contributed by atoms with Crippen LogP contribution in [0.2, 0.25) is 0 Å². The maximum Gasteiger partial charge on any atom is 0.196 e.